The zero-order valence-electron chi connectivity index (χ0n) is 14.8. The van der Waals surface area contributed by atoms with Crippen molar-refractivity contribution in [1.82, 2.24) is 5.32 Å². The zero-order valence-corrected chi connectivity index (χ0v) is 14.8. The largest absolute Gasteiger partial charge is 0.479 e. The SMILES string of the molecule is COC(C(=O)O)C(=O)N[C@@H](Cc1ccccc1)C(=O)OCc1ccccc1. The summed E-state index contributed by atoms with van der Waals surface area (Å²) in [6.07, 6.45) is -1.54. The molecule has 2 atom stereocenters. The highest BCUT2D eigenvalue weighted by Gasteiger charge is 2.31. The molecule has 7 nitrogen and oxygen atoms in total. The fraction of sp³-hybridized carbons (Fsp3) is 0.250. The summed E-state index contributed by atoms with van der Waals surface area (Å²) >= 11 is 0. The van der Waals surface area contributed by atoms with E-state index >= 15 is 0 Å². The number of amides is 1. The summed E-state index contributed by atoms with van der Waals surface area (Å²) in [5.41, 5.74) is 1.60. The van der Waals surface area contributed by atoms with E-state index in [-0.39, 0.29) is 13.0 Å². The second kappa shape index (κ2) is 10.1. The number of aliphatic carboxylic acids is 1. The Morgan fingerprint density at radius 1 is 0.963 bits per heavy atom. The molecule has 2 N–H and O–H groups in total. The highest BCUT2D eigenvalue weighted by Crippen LogP contribution is 2.08. The van der Waals surface area contributed by atoms with Gasteiger partial charge in [-0.25, -0.2) is 9.59 Å². The quantitative estimate of drug-likeness (QED) is 0.512. The van der Waals surface area contributed by atoms with Gasteiger partial charge < -0.3 is 19.9 Å². The number of hydrogen-bond donors (Lipinski definition) is 2. The van der Waals surface area contributed by atoms with Crippen molar-refractivity contribution in [2.45, 2.75) is 25.2 Å². The minimum atomic E-state index is -1.70. The first kappa shape index (κ1) is 20.1. The van der Waals surface area contributed by atoms with Crippen molar-refractivity contribution >= 4 is 17.8 Å². The third-order valence-electron chi connectivity index (χ3n) is 3.81. The van der Waals surface area contributed by atoms with E-state index in [9.17, 15) is 14.4 Å². The molecule has 0 radical (unpaired) electrons. The lowest BCUT2D eigenvalue weighted by molar-refractivity contribution is -0.158. The highest BCUT2D eigenvalue weighted by atomic mass is 16.5. The number of nitrogens with one attached hydrogen (secondary N) is 1. The molecule has 0 heterocycles. The van der Waals surface area contributed by atoms with Gasteiger partial charge in [-0.1, -0.05) is 60.7 Å². The molecule has 0 spiro atoms. The second-order valence-electron chi connectivity index (χ2n) is 5.80. The summed E-state index contributed by atoms with van der Waals surface area (Å²) in [6.45, 7) is 0.0491. The Morgan fingerprint density at radius 2 is 1.52 bits per heavy atom. The first-order valence-corrected chi connectivity index (χ1v) is 8.31. The minimum Gasteiger partial charge on any atom is -0.479 e. The summed E-state index contributed by atoms with van der Waals surface area (Å²) < 4.78 is 9.97. The molecular weight excluding hydrogens is 350 g/mol. The predicted octanol–water partition coefficient (Wildman–Crippen LogP) is 1.56. The maximum absolute atomic E-state index is 12.5. The van der Waals surface area contributed by atoms with Crippen LogP contribution in [-0.2, 0) is 36.9 Å². The number of carbonyl (C=O) groups is 3. The maximum atomic E-state index is 12.5. The van der Waals surface area contributed by atoms with Crippen LogP contribution in [0.25, 0.3) is 0 Å². The Labute approximate surface area is 156 Å². The van der Waals surface area contributed by atoms with Crippen LogP contribution in [0.1, 0.15) is 11.1 Å². The second-order valence-corrected chi connectivity index (χ2v) is 5.80. The fourth-order valence-corrected chi connectivity index (χ4v) is 2.44. The van der Waals surface area contributed by atoms with E-state index in [4.69, 9.17) is 9.84 Å². The van der Waals surface area contributed by atoms with Crippen LogP contribution in [-0.4, -0.2) is 42.2 Å². The molecule has 0 aliphatic heterocycles. The third-order valence-corrected chi connectivity index (χ3v) is 3.81. The Hall–Kier alpha value is -3.19. The lowest BCUT2D eigenvalue weighted by atomic mass is 10.1. The van der Waals surface area contributed by atoms with Crippen molar-refractivity contribution in [3.8, 4) is 0 Å². The summed E-state index contributed by atoms with van der Waals surface area (Å²) in [4.78, 5) is 35.8. The first-order chi connectivity index (χ1) is 13.0. The molecule has 2 aromatic rings. The Bertz CT molecular complexity index is 763. The highest BCUT2D eigenvalue weighted by molar-refractivity contribution is 6.01. The number of carboxylic acid groups (broad SMARTS) is 1. The average Bonchev–Trinajstić information content (AvgIpc) is 2.67. The van der Waals surface area contributed by atoms with Crippen molar-refractivity contribution < 1.29 is 29.0 Å². The van der Waals surface area contributed by atoms with Gasteiger partial charge in [0.25, 0.3) is 5.91 Å². The number of carboxylic acids is 1. The molecule has 7 heteroatoms. The Morgan fingerprint density at radius 3 is 2.04 bits per heavy atom. The van der Waals surface area contributed by atoms with E-state index in [1.54, 1.807) is 24.3 Å². The minimum absolute atomic E-state index is 0.0491. The van der Waals surface area contributed by atoms with Gasteiger partial charge in [0, 0.05) is 13.5 Å². The smallest absolute Gasteiger partial charge is 0.342 e. The average molecular weight is 371 g/mol. The van der Waals surface area contributed by atoms with Gasteiger partial charge in [0.15, 0.2) is 0 Å². The van der Waals surface area contributed by atoms with Crippen LogP contribution >= 0.6 is 0 Å². The summed E-state index contributed by atoms with van der Waals surface area (Å²) in [5, 5.41) is 11.4. The molecule has 27 heavy (non-hydrogen) atoms. The molecule has 0 saturated carbocycles. The maximum Gasteiger partial charge on any atom is 0.342 e. The van der Waals surface area contributed by atoms with Gasteiger partial charge in [0.1, 0.15) is 12.6 Å². The van der Waals surface area contributed by atoms with Crippen LogP contribution in [0.5, 0.6) is 0 Å². The fourth-order valence-electron chi connectivity index (χ4n) is 2.44. The number of hydrogen-bond acceptors (Lipinski definition) is 5. The van der Waals surface area contributed by atoms with Gasteiger partial charge in [-0.3, -0.25) is 4.79 Å². The van der Waals surface area contributed by atoms with Crippen LogP contribution in [0.3, 0.4) is 0 Å². The zero-order chi connectivity index (χ0) is 19.6. The lowest BCUT2D eigenvalue weighted by Gasteiger charge is -2.20. The molecule has 0 aliphatic rings. The number of benzene rings is 2. The van der Waals surface area contributed by atoms with Gasteiger partial charge in [-0.05, 0) is 11.1 Å². The molecule has 1 unspecified atom stereocenters. The van der Waals surface area contributed by atoms with Crippen LogP contribution in [0.4, 0.5) is 0 Å². The molecule has 2 aromatic carbocycles. The van der Waals surface area contributed by atoms with Crippen LogP contribution in [0.2, 0.25) is 0 Å². The van der Waals surface area contributed by atoms with Gasteiger partial charge in [-0.2, -0.15) is 0 Å². The molecule has 2 rings (SSSR count). The van der Waals surface area contributed by atoms with Gasteiger partial charge in [0.2, 0.25) is 6.10 Å². The summed E-state index contributed by atoms with van der Waals surface area (Å²) in [5.74, 6) is -3.01. The normalized spacial score (nSPS) is 12.6. The predicted molar refractivity (Wildman–Crippen MR) is 96.7 cm³/mol. The van der Waals surface area contributed by atoms with E-state index in [1.165, 1.54) is 0 Å². The molecule has 1 amide bonds. The van der Waals surface area contributed by atoms with Crippen molar-refractivity contribution in [2.24, 2.45) is 0 Å². The van der Waals surface area contributed by atoms with E-state index < -0.39 is 30.0 Å². The Balaban J connectivity index is 2.09. The Kier molecular flexibility index (Phi) is 7.51. The van der Waals surface area contributed by atoms with Gasteiger partial charge in [0.05, 0.1) is 0 Å². The van der Waals surface area contributed by atoms with E-state index in [1.807, 2.05) is 36.4 Å². The number of carbonyl (C=O) groups excluding carboxylic acids is 2. The van der Waals surface area contributed by atoms with Crippen LogP contribution < -0.4 is 5.32 Å². The third kappa shape index (κ3) is 6.23. The number of methoxy groups -OCH3 is 1. The standard InChI is InChI=1S/C20H21NO6/c1-26-17(19(23)24)18(22)21-16(12-14-8-4-2-5-9-14)20(25)27-13-15-10-6-3-7-11-15/h2-11,16-17H,12-13H2,1H3,(H,21,22)(H,23,24)/t16-,17?/m0/s1. The summed E-state index contributed by atoms with van der Waals surface area (Å²) in [6, 6.07) is 17.1. The number of esters is 1. The van der Waals surface area contributed by atoms with Crippen molar-refractivity contribution in [1.29, 1.82) is 0 Å². The van der Waals surface area contributed by atoms with Gasteiger partial charge in [-0.15, -0.1) is 0 Å². The van der Waals surface area contributed by atoms with Crippen LogP contribution in [0, 0.1) is 0 Å². The van der Waals surface area contributed by atoms with Crippen molar-refractivity contribution in [3.63, 3.8) is 0 Å². The van der Waals surface area contributed by atoms with E-state index in [2.05, 4.69) is 10.1 Å². The topological polar surface area (TPSA) is 102 Å². The van der Waals surface area contributed by atoms with E-state index in [0.717, 1.165) is 18.2 Å². The lowest BCUT2D eigenvalue weighted by Crippen LogP contribution is -2.50. The molecule has 0 bridgehead atoms. The molecule has 142 valence electrons. The van der Waals surface area contributed by atoms with Crippen molar-refractivity contribution in [3.05, 3.63) is 71.8 Å². The van der Waals surface area contributed by atoms with Crippen LogP contribution in [0.15, 0.2) is 60.7 Å². The monoisotopic (exact) mass is 371 g/mol. The molecule has 0 saturated heterocycles. The summed E-state index contributed by atoms with van der Waals surface area (Å²) in [7, 11) is 1.11. The molecular formula is C20H21NO6. The van der Waals surface area contributed by atoms with Gasteiger partial charge >= 0.3 is 11.9 Å². The molecule has 0 aromatic heterocycles. The number of ether oxygens (including phenoxy) is 2. The first-order valence-electron chi connectivity index (χ1n) is 8.31. The van der Waals surface area contributed by atoms with E-state index in [0.29, 0.717) is 0 Å². The number of rotatable bonds is 9. The molecule has 0 fully saturated rings. The molecule has 0 aliphatic carbocycles. The van der Waals surface area contributed by atoms with Crippen molar-refractivity contribution in [2.75, 3.05) is 7.11 Å².